The smallest absolute Gasteiger partial charge is 0.409 e. The van der Waals surface area contributed by atoms with Gasteiger partial charge in [-0.2, -0.15) is 0 Å². The number of fused-ring (bicyclic) bond motifs is 1. The molecule has 1 aromatic heterocycles. The summed E-state index contributed by atoms with van der Waals surface area (Å²) in [6.45, 7) is 1.66. The van der Waals surface area contributed by atoms with Gasteiger partial charge in [0.2, 0.25) is 0 Å². The maximum absolute atomic E-state index is 11.8. The van der Waals surface area contributed by atoms with Gasteiger partial charge in [0.25, 0.3) is 0 Å². The maximum atomic E-state index is 11.8. The summed E-state index contributed by atoms with van der Waals surface area (Å²) in [5.74, 6) is 1.72. The van der Waals surface area contributed by atoms with E-state index in [4.69, 9.17) is 16.3 Å². The van der Waals surface area contributed by atoms with E-state index in [0.29, 0.717) is 24.9 Å². The Morgan fingerprint density at radius 1 is 1.38 bits per heavy atom. The van der Waals surface area contributed by atoms with Crippen LogP contribution in [0, 0.1) is 0 Å². The monoisotopic (exact) mass is 307 g/mol. The van der Waals surface area contributed by atoms with Crippen molar-refractivity contribution in [2.24, 2.45) is 0 Å². The normalized spacial score (nSPS) is 16.3. The topological polar surface area (TPSA) is 58.2 Å². The van der Waals surface area contributed by atoms with Gasteiger partial charge in [-0.1, -0.05) is 12.1 Å². The lowest BCUT2D eigenvalue weighted by Gasteiger charge is -2.30. The van der Waals surface area contributed by atoms with Crippen molar-refractivity contribution in [3.8, 4) is 0 Å². The van der Waals surface area contributed by atoms with Gasteiger partial charge in [-0.25, -0.2) is 9.78 Å². The Balaban J connectivity index is 1.61. The van der Waals surface area contributed by atoms with Crippen molar-refractivity contribution >= 4 is 28.7 Å². The molecular formula is C15H18ClN3O2. The predicted molar refractivity (Wildman–Crippen MR) is 81.7 cm³/mol. The summed E-state index contributed by atoms with van der Waals surface area (Å²) in [5.41, 5.74) is 2.06. The van der Waals surface area contributed by atoms with Crippen molar-refractivity contribution in [1.82, 2.24) is 14.9 Å². The number of piperidine rings is 1. The first-order valence-corrected chi connectivity index (χ1v) is 7.73. The van der Waals surface area contributed by atoms with E-state index in [1.165, 1.54) is 0 Å². The molecule has 1 saturated heterocycles. The fraction of sp³-hybridized carbons (Fsp3) is 0.467. The lowest BCUT2D eigenvalue weighted by atomic mass is 9.96. The van der Waals surface area contributed by atoms with Gasteiger partial charge in [-0.05, 0) is 25.0 Å². The summed E-state index contributed by atoms with van der Waals surface area (Å²) in [7, 11) is 0. The van der Waals surface area contributed by atoms with Gasteiger partial charge in [0.1, 0.15) is 12.4 Å². The highest BCUT2D eigenvalue weighted by Gasteiger charge is 2.26. The third-order valence-corrected chi connectivity index (χ3v) is 4.00. The average Bonchev–Trinajstić information content (AvgIpc) is 2.96. The van der Waals surface area contributed by atoms with E-state index in [2.05, 4.69) is 9.97 Å². The third-order valence-electron chi connectivity index (χ3n) is 3.85. The van der Waals surface area contributed by atoms with E-state index < -0.39 is 0 Å². The molecule has 0 saturated carbocycles. The van der Waals surface area contributed by atoms with E-state index in [-0.39, 0.29) is 12.7 Å². The Hall–Kier alpha value is -1.75. The third kappa shape index (κ3) is 3.13. The average molecular weight is 308 g/mol. The zero-order valence-corrected chi connectivity index (χ0v) is 12.5. The molecule has 6 heteroatoms. The highest BCUT2D eigenvalue weighted by Crippen LogP contribution is 2.27. The number of likely N-dealkylation sites (tertiary alicyclic amines) is 1. The van der Waals surface area contributed by atoms with Crippen LogP contribution in [0.1, 0.15) is 24.6 Å². The van der Waals surface area contributed by atoms with Crippen LogP contribution >= 0.6 is 11.6 Å². The number of hydrogen-bond acceptors (Lipinski definition) is 3. The molecule has 1 fully saturated rings. The van der Waals surface area contributed by atoms with Crippen LogP contribution in [0.3, 0.4) is 0 Å². The number of aromatic amines is 1. The van der Waals surface area contributed by atoms with Crippen molar-refractivity contribution in [3.05, 3.63) is 30.1 Å². The minimum absolute atomic E-state index is 0.265. The largest absolute Gasteiger partial charge is 0.448 e. The molecule has 0 unspecified atom stereocenters. The molecule has 3 rings (SSSR count). The van der Waals surface area contributed by atoms with E-state index >= 15 is 0 Å². The van der Waals surface area contributed by atoms with Crippen LogP contribution in [-0.4, -0.2) is 46.5 Å². The second-order valence-corrected chi connectivity index (χ2v) is 5.58. The molecule has 5 nitrogen and oxygen atoms in total. The number of ether oxygens (including phenoxy) is 1. The van der Waals surface area contributed by atoms with Crippen LogP contribution in [0.5, 0.6) is 0 Å². The molecule has 1 aromatic carbocycles. The second kappa shape index (κ2) is 6.35. The van der Waals surface area contributed by atoms with E-state index in [0.717, 1.165) is 29.7 Å². The molecule has 0 radical (unpaired) electrons. The first-order valence-electron chi connectivity index (χ1n) is 7.20. The van der Waals surface area contributed by atoms with E-state index in [1.807, 2.05) is 24.3 Å². The van der Waals surface area contributed by atoms with Crippen LogP contribution in [0.15, 0.2) is 24.3 Å². The molecule has 21 heavy (non-hydrogen) atoms. The lowest BCUT2D eigenvalue weighted by Crippen LogP contribution is -2.38. The molecule has 0 atom stereocenters. The van der Waals surface area contributed by atoms with Crippen LogP contribution in [-0.2, 0) is 4.74 Å². The summed E-state index contributed by atoms with van der Waals surface area (Å²) < 4.78 is 5.05. The number of imidazole rings is 1. The van der Waals surface area contributed by atoms with Crippen LogP contribution in [0.2, 0.25) is 0 Å². The number of benzene rings is 1. The van der Waals surface area contributed by atoms with E-state index in [9.17, 15) is 4.79 Å². The van der Waals surface area contributed by atoms with Gasteiger partial charge in [-0.3, -0.25) is 0 Å². The summed E-state index contributed by atoms with van der Waals surface area (Å²) in [4.78, 5) is 21.5. The van der Waals surface area contributed by atoms with Gasteiger partial charge in [-0.15, -0.1) is 11.6 Å². The highest BCUT2D eigenvalue weighted by atomic mass is 35.5. The molecule has 2 aromatic rings. The molecule has 0 spiro atoms. The SMILES string of the molecule is O=C(OCCCl)N1CCC(c2nc3ccccc3[nH]2)CC1. The number of aromatic nitrogens is 2. The molecule has 1 amide bonds. The number of nitrogens with zero attached hydrogens (tertiary/aromatic N) is 2. The first kappa shape index (κ1) is 14.2. The van der Waals surface area contributed by atoms with Crippen molar-refractivity contribution in [2.45, 2.75) is 18.8 Å². The van der Waals surface area contributed by atoms with Gasteiger partial charge in [0.05, 0.1) is 16.9 Å². The number of carbonyl (C=O) groups is 1. The van der Waals surface area contributed by atoms with E-state index in [1.54, 1.807) is 4.90 Å². The Labute approximate surface area is 128 Å². The minimum Gasteiger partial charge on any atom is -0.448 e. The van der Waals surface area contributed by atoms with Gasteiger partial charge in [0, 0.05) is 19.0 Å². The molecule has 1 aliphatic heterocycles. The summed E-state index contributed by atoms with van der Waals surface area (Å²) >= 11 is 5.52. The summed E-state index contributed by atoms with van der Waals surface area (Å²) in [5, 5.41) is 0. The predicted octanol–water partition coefficient (Wildman–Crippen LogP) is 3.12. The molecule has 112 valence electrons. The minimum atomic E-state index is -0.265. The van der Waals surface area contributed by atoms with Crippen LogP contribution in [0.4, 0.5) is 4.79 Å². The van der Waals surface area contributed by atoms with Crippen molar-refractivity contribution in [3.63, 3.8) is 0 Å². The zero-order chi connectivity index (χ0) is 14.7. The Morgan fingerprint density at radius 3 is 2.86 bits per heavy atom. The van der Waals surface area contributed by atoms with Gasteiger partial charge >= 0.3 is 6.09 Å². The number of hydrogen-bond donors (Lipinski definition) is 1. The van der Waals surface area contributed by atoms with Gasteiger partial charge in [0.15, 0.2) is 0 Å². The van der Waals surface area contributed by atoms with Crippen LogP contribution in [0.25, 0.3) is 11.0 Å². The quantitative estimate of drug-likeness (QED) is 0.886. The van der Waals surface area contributed by atoms with Crippen molar-refractivity contribution in [1.29, 1.82) is 0 Å². The number of carbonyl (C=O) groups excluding carboxylic acids is 1. The van der Waals surface area contributed by atoms with Crippen molar-refractivity contribution in [2.75, 3.05) is 25.6 Å². The number of amides is 1. The zero-order valence-electron chi connectivity index (χ0n) is 11.7. The fourth-order valence-corrected chi connectivity index (χ4v) is 2.80. The molecule has 1 aliphatic rings. The standard InChI is InChI=1S/C15H18ClN3O2/c16-7-10-21-15(20)19-8-5-11(6-9-19)14-17-12-3-1-2-4-13(12)18-14/h1-4,11H,5-10H2,(H,17,18). The number of alkyl halides is 1. The Morgan fingerprint density at radius 2 is 2.14 bits per heavy atom. The van der Waals surface area contributed by atoms with Crippen LogP contribution < -0.4 is 0 Å². The molecule has 0 aliphatic carbocycles. The van der Waals surface area contributed by atoms with Gasteiger partial charge < -0.3 is 14.6 Å². The molecule has 1 N–H and O–H groups in total. The fourth-order valence-electron chi connectivity index (χ4n) is 2.72. The molecular weight excluding hydrogens is 290 g/mol. The van der Waals surface area contributed by atoms with Crippen molar-refractivity contribution < 1.29 is 9.53 Å². The second-order valence-electron chi connectivity index (χ2n) is 5.20. The first-order chi connectivity index (χ1) is 10.3. The molecule has 0 bridgehead atoms. The Bertz CT molecular complexity index is 587. The highest BCUT2D eigenvalue weighted by molar-refractivity contribution is 6.18. The number of rotatable bonds is 3. The summed E-state index contributed by atoms with van der Waals surface area (Å²) in [6, 6.07) is 8.03. The number of halogens is 1. The Kier molecular flexibility index (Phi) is 4.29. The summed E-state index contributed by atoms with van der Waals surface area (Å²) in [6.07, 6.45) is 1.53. The number of para-hydroxylation sites is 2. The number of nitrogens with one attached hydrogen (secondary N) is 1. The maximum Gasteiger partial charge on any atom is 0.409 e. The molecule has 2 heterocycles. The number of H-pyrrole nitrogens is 1. The lowest BCUT2D eigenvalue weighted by molar-refractivity contribution is 0.0972.